The molecule has 3 heterocycles. The number of phosphoric acid groups is 3. The lowest BCUT2D eigenvalue weighted by molar-refractivity contribution is -0.0540. The number of aromatic nitrogens is 5. The van der Waals surface area contributed by atoms with Crippen LogP contribution in [-0.2, 0) is 31.6 Å². The molecule has 8 N–H and O–H groups in total. The highest BCUT2D eigenvalue weighted by Gasteiger charge is 2.47. The molecule has 6 atom stereocenters. The van der Waals surface area contributed by atoms with Crippen molar-refractivity contribution in [3.63, 3.8) is 0 Å². The molecule has 4 rings (SSSR count). The van der Waals surface area contributed by atoms with E-state index >= 15 is 0 Å². The summed E-state index contributed by atoms with van der Waals surface area (Å²) >= 11 is 0. The molecule has 0 radical (unpaired) electrons. The number of nitrogens with two attached hydrogens (primary N) is 1. The molecular weight excluding hydrogens is 605 g/mol. The molecule has 0 bridgehead atoms. The first-order valence-corrected chi connectivity index (χ1v) is 15.2. The van der Waals surface area contributed by atoms with Gasteiger partial charge >= 0.3 is 29.2 Å². The molecule has 0 amide bonds. The lowest BCUT2D eigenvalue weighted by Gasteiger charge is -2.19. The Morgan fingerprint density at radius 3 is 2.30 bits per heavy atom. The van der Waals surface area contributed by atoms with Gasteiger partial charge in [-0.1, -0.05) is 23.4 Å². The number of hydrogen-bond acceptors (Lipinski definition) is 14. The zero-order valence-electron chi connectivity index (χ0n) is 19.7. The smallest absolute Gasteiger partial charge is 0.387 e. The largest absolute Gasteiger partial charge is 0.490 e. The summed E-state index contributed by atoms with van der Waals surface area (Å²) in [5.74, 6) is -0.237. The fraction of sp³-hybridized carbons (Fsp3) is 0.294. The number of aliphatic hydroxyl groups is 2. The number of rotatable bonds is 10. The molecule has 0 aliphatic carbocycles. The molecule has 0 spiro atoms. The molecular formula is C17H21N6O14P3. The summed E-state index contributed by atoms with van der Waals surface area (Å²) in [7, 11) is -16.9. The van der Waals surface area contributed by atoms with Gasteiger partial charge in [0, 0.05) is 6.20 Å². The Balaban J connectivity index is 1.51. The van der Waals surface area contributed by atoms with Crippen molar-refractivity contribution in [2.45, 2.75) is 24.5 Å². The molecule has 3 aromatic rings. The van der Waals surface area contributed by atoms with E-state index in [9.17, 15) is 38.5 Å². The van der Waals surface area contributed by atoms with Crippen molar-refractivity contribution in [3.8, 4) is 16.9 Å². The van der Waals surface area contributed by atoms with E-state index < -0.39 is 60.3 Å². The van der Waals surface area contributed by atoms with Gasteiger partial charge in [-0.05, 0) is 12.1 Å². The number of phosphoric ester groups is 1. The van der Waals surface area contributed by atoms with Crippen molar-refractivity contribution in [1.82, 2.24) is 24.5 Å². The predicted molar refractivity (Wildman–Crippen MR) is 129 cm³/mol. The maximum Gasteiger partial charge on any atom is 0.490 e. The van der Waals surface area contributed by atoms with Crippen LogP contribution in [0, 0.1) is 0 Å². The van der Waals surface area contributed by atoms with E-state index in [-0.39, 0.29) is 17.1 Å². The molecule has 20 nitrogen and oxygen atoms in total. The van der Waals surface area contributed by atoms with Crippen LogP contribution >= 0.6 is 23.5 Å². The molecule has 1 aromatic carbocycles. The van der Waals surface area contributed by atoms with Gasteiger partial charge in [0.05, 0.1) is 24.1 Å². The van der Waals surface area contributed by atoms with Crippen molar-refractivity contribution >= 4 is 29.3 Å². The summed E-state index contributed by atoms with van der Waals surface area (Å²) in [5.41, 5.74) is 5.83. The highest BCUT2D eigenvalue weighted by Crippen LogP contribution is 2.66. The number of ether oxygens (including phenoxy) is 1. The summed E-state index contributed by atoms with van der Waals surface area (Å²) < 4.78 is 53.4. The van der Waals surface area contributed by atoms with E-state index in [1.165, 1.54) is 10.9 Å². The molecule has 23 heteroatoms. The summed E-state index contributed by atoms with van der Waals surface area (Å²) in [6, 6.07) is 8.87. The minimum absolute atomic E-state index is 0.101. The summed E-state index contributed by atoms with van der Waals surface area (Å²) in [4.78, 5) is 52.2. The highest BCUT2D eigenvalue weighted by atomic mass is 31.3. The van der Waals surface area contributed by atoms with Gasteiger partial charge in [-0.25, -0.2) is 23.2 Å². The van der Waals surface area contributed by atoms with Gasteiger partial charge < -0.3 is 40.3 Å². The fourth-order valence-electron chi connectivity index (χ4n) is 3.52. The van der Waals surface area contributed by atoms with Crippen LogP contribution in [0.25, 0.3) is 16.9 Å². The highest BCUT2D eigenvalue weighted by molar-refractivity contribution is 7.66. The topological polar surface area (TPSA) is 301 Å². The normalized spacial score (nSPS) is 24.4. The van der Waals surface area contributed by atoms with Crippen molar-refractivity contribution in [3.05, 3.63) is 53.2 Å². The molecule has 2 aromatic heterocycles. The molecule has 0 saturated carbocycles. The number of anilines is 1. The number of para-hydroxylation sites is 1. The third-order valence-corrected chi connectivity index (χ3v) is 9.00. The third kappa shape index (κ3) is 7.15. The van der Waals surface area contributed by atoms with Gasteiger partial charge in [0.2, 0.25) is 0 Å². The van der Waals surface area contributed by atoms with E-state index in [1.807, 2.05) is 0 Å². The maximum absolute atomic E-state index is 12.6. The minimum Gasteiger partial charge on any atom is -0.387 e. The molecule has 218 valence electrons. The van der Waals surface area contributed by atoms with E-state index in [1.54, 1.807) is 30.3 Å². The summed E-state index contributed by atoms with van der Waals surface area (Å²) in [5, 5.41) is 28.8. The predicted octanol–water partition coefficient (Wildman–Crippen LogP) is -0.964. The zero-order chi connectivity index (χ0) is 29.5. The van der Waals surface area contributed by atoms with E-state index in [0.29, 0.717) is 5.69 Å². The first-order valence-electron chi connectivity index (χ1n) is 10.7. The van der Waals surface area contributed by atoms with Crippen molar-refractivity contribution in [2.24, 2.45) is 0 Å². The Morgan fingerprint density at radius 1 is 0.975 bits per heavy atom. The molecule has 1 saturated heterocycles. The Kier molecular flexibility index (Phi) is 8.56. The fourth-order valence-corrected chi connectivity index (χ4v) is 6.55. The molecule has 40 heavy (non-hydrogen) atoms. The second kappa shape index (κ2) is 11.3. The van der Waals surface area contributed by atoms with Crippen LogP contribution < -0.4 is 11.4 Å². The lowest BCUT2D eigenvalue weighted by atomic mass is 10.1. The van der Waals surface area contributed by atoms with Crippen LogP contribution in [-0.4, -0.2) is 79.3 Å². The number of hydrogen-bond donors (Lipinski definition) is 7. The van der Waals surface area contributed by atoms with Gasteiger partial charge in [0.25, 0.3) is 0 Å². The molecule has 1 fully saturated rings. The van der Waals surface area contributed by atoms with Crippen LogP contribution in [0.15, 0.2) is 47.5 Å². The van der Waals surface area contributed by atoms with Gasteiger partial charge in [-0.3, -0.25) is 9.09 Å². The molecule has 3 unspecified atom stereocenters. The van der Waals surface area contributed by atoms with Crippen molar-refractivity contribution < 1.29 is 61.4 Å². The Labute approximate surface area is 222 Å². The van der Waals surface area contributed by atoms with Crippen molar-refractivity contribution in [1.29, 1.82) is 0 Å². The van der Waals surface area contributed by atoms with Crippen LogP contribution in [0.4, 0.5) is 5.82 Å². The van der Waals surface area contributed by atoms with Gasteiger partial charge in [-0.2, -0.15) is 13.6 Å². The molecule has 1 aliphatic rings. The van der Waals surface area contributed by atoms with Crippen LogP contribution in [0.5, 0.6) is 0 Å². The summed E-state index contributed by atoms with van der Waals surface area (Å²) in [6.07, 6.45) is -4.31. The molecule has 1 aliphatic heterocycles. The van der Waals surface area contributed by atoms with E-state index in [0.717, 1.165) is 10.8 Å². The van der Waals surface area contributed by atoms with Gasteiger partial charge in [-0.15, -0.1) is 5.10 Å². The number of nitrogen functional groups attached to an aromatic ring is 1. The second-order valence-corrected chi connectivity index (χ2v) is 12.5. The number of aliphatic hydroxyl groups excluding tert-OH is 2. The quantitative estimate of drug-likeness (QED) is 0.133. The Bertz CT molecular complexity index is 1580. The van der Waals surface area contributed by atoms with Gasteiger partial charge in [0.1, 0.15) is 29.8 Å². The van der Waals surface area contributed by atoms with Crippen molar-refractivity contribution in [2.75, 3.05) is 12.3 Å². The standard InChI is InChI=1S/C17H21N6O14P3/c18-15-10(11-7-23(21-20-11)9-4-2-1-3-5-9)6-22(17(26)19-15)16-14(25)13(24)12(35-16)8-34-39(30,31)37-40(32,33)36-38(27,28)29/h1-7,12-14,16,24-25H,8H2,(H,30,31)(H,32,33)(H2,18,19,26)(H2,27,28,29)/t12-,13?,14+,16-/m1/s1. The maximum atomic E-state index is 12.6. The monoisotopic (exact) mass is 626 g/mol. The third-order valence-electron chi connectivity index (χ3n) is 5.20. The lowest BCUT2D eigenvalue weighted by Crippen LogP contribution is -2.36. The number of benzene rings is 1. The van der Waals surface area contributed by atoms with E-state index in [4.69, 9.17) is 20.3 Å². The van der Waals surface area contributed by atoms with E-state index in [2.05, 4.69) is 28.4 Å². The van der Waals surface area contributed by atoms with Crippen LogP contribution in [0.3, 0.4) is 0 Å². The summed E-state index contributed by atoms with van der Waals surface area (Å²) in [6.45, 7) is -1.08. The average Bonchev–Trinajstić information content (AvgIpc) is 3.42. The van der Waals surface area contributed by atoms with Crippen LogP contribution in [0.2, 0.25) is 0 Å². The second-order valence-electron chi connectivity index (χ2n) is 8.05. The van der Waals surface area contributed by atoms with Gasteiger partial charge in [0.15, 0.2) is 6.23 Å². The minimum atomic E-state index is -5.78. The van der Waals surface area contributed by atoms with Crippen LogP contribution in [0.1, 0.15) is 6.23 Å². The first-order chi connectivity index (χ1) is 18.6. The SMILES string of the molecule is Nc1nc(=O)n([C@@H]2O[C@H](COP(=O)(O)OP(=O)(O)OP(=O)(O)O)C(O)[C@@H]2O)cc1-c1cn(-c2ccccc2)nn1. The Morgan fingerprint density at radius 2 is 1.65 bits per heavy atom. The Hall–Kier alpha value is -2.67. The first kappa shape index (κ1) is 30.3. The average molecular weight is 626 g/mol. The zero-order valence-corrected chi connectivity index (χ0v) is 22.3. The number of nitrogens with zero attached hydrogens (tertiary/aromatic N) is 5.